The third kappa shape index (κ3) is 6.14. The fourth-order valence-corrected chi connectivity index (χ4v) is 4.20. The lowest BCUT2D eigenvalue weighted by atomic mass is 10.0. The van der Waals surface area contributed by atoms with E-state index in [9.17, 15) is 4.79 Å². The molecule has 2 aromatic carbocycles. The van der Waals surface area contributed by atoms with Crippen molar-refractivity contribution in [2.45, 2.75) is 58.0 Å². The number of urea groups is 1. The second-order valence-electron chi connectivity index (χ2n) is 8.23. The van der Waals surface area contributed by atoms with Crippen LogP contribution >= 0.6 is 0 Å². The highest BCUT2D eigenvalue weighted by Gasteiger charge is 2.22. The van der Waals surface area contributed by atoms with Crippen LogP contribution in [0.5, 0.6) is 11.5 Å². The van der Waals surface area contributed by atoms with E-state index in [-0.39, 0.29) is 12.8 Å². The molecular formula is C25H36N4O3. The first-order chi connectivity index (χ1) is 15.5. The van der Waals surface area contributed by atoms with E-state index in [1.807, 2.05) is 30.3 Å². The number of rotatable bonds is 12. The van der Waals surface area contributed by atoms with Gasteiger partial charge in [0.15, 0.2) is 11.5 Å². The minimum Gasteiger partial charge on any atom is -0.454 e. The number of benzene rings is 2. The molecule has 7 heteroatoms. The zero-order chi connectivity index (χ0) is 22.9. The smallest absolute Gasteiger partial charge is 0.319 e. The van der Waals surface area contributed by atoms with Crippen LogP contribution in [0.3, 0.4) is 0 Å². The molecular weight excluding hydrogens is 404 g/mol. The molecule has 0 aliphatic carbocycles. The van der Waals surface area contributed by atoms with Gasteiger partial charge in [0.25, 0.3) is 0 Å². The van der Waals surface area contributed by atoms with Gasteiger partial charge in [-0.05, 0) is 80.6 Å². The van der Waals surface area contributed by atoms with Gasteiger partial charge in [-0.25, -0.2) is 4.79 Å². The fourth-order valence-electron chi connectivity index (χ4n) is 4.20. The monoisotopic (exact) mass is 440 g/mol. The Labute approximate surface area is 191 Å². The minimum atomic E-state index is -0.422. The molecule has 2 aromatic rings. The van der Waals surface area contributed by atoms with Crippen molar-refractivity contribution in [3.05, 3.63) is 53.6 Å². The number of ether oxygens (including phenoxy) is 2. The number of carbonyl (C=O) groups is 1. The maximum atomic E-state index is 12.3. The van der Waals surface area contributed by atoms with E-state index < -0.39 is 6.03 Å². The number of anilines is 1. The average Bonchev–Trinajstić information content (AvgIpc) is 3.26. The lowest BCUT2D eigenvalue weighted by molar-refractivity contribution is 0.174. The van der Waals surface area contributed by atoms with E-state index in [0.717, 1.165) is 67.0 Å². The molecule has 3 rings (SSSR count). The van der Waals surface area contributed by atoms with Crippen LogP contribution in [0, 0.1) is 0 Å². The first-order valence-corrected chi connectivity index (χ1v) is 11.5. The molecule has 0 spiro atoms. The molecule has 0 aromatic heterocycles. The number of hydrogen-bond donors (Lipinski definition) is 3. The first-order valence-electron chi connectivity index (χ1n) is 11.5. The molecule has 174 valence electrons. The molecule has 0 saturated carbocycles. The highest BCUT2D eigenvalue weighted by atomic mass is 16.7. The molecule has 2 unspecified atom stereocenters. The summed E-state index contributed by atoms with van der Waals surface area (Å²) in [6.07, 6.45) is 4.43. The van der Waals surface area contributed by atoms with Gasteiger partial charge < -0.3 is 26.3 Å². The zero-order valence-corrected chi connectivity index (χ0v) is 19.2. The number of nitrogens with two attached hydrogens (primary N) is 2. The Morgan fingerprint density at radius 1 is 1.03 bits per heavy atom. The Morgan fingerprint density at radius 3 is 2.41 bits per heavy atom. The largest absolute Gasteiger partial charge is 0.454 e. The van der Waals surface area contributed by atoms with Gasteiger partial charge in [-0.15, -0.1) is 0 Å². The molecule has 32 heavy (non-hydrogen) atoms. The van der Waals surface area contributed by atoms with Crippen molar-refractivity contribution in [2.24, 2.45) is 11.5 Å². The predicted molar refractivity (Wildman–Crippen MR) is 128 cm³/mol. The summed E-state index contributed by atoms with van der Waals surface area (Å²) < 4.78 is 10.8. The molecule has 7 nitrogen and oxygen atoms in total. The first kappa shape index (κ1) is 23.9. The van der Waals surface area contributed by atoms with E-state index in [4.69, 9.17) is 20.9 Å². The van der Waals surface area contributed by atoms with E-state index in [2.05, 4.69) is 31.3 Å². The van der Waals surface area contributed by atoms with E-state index in [0.29, 0.717) is 12.6 Å². The number of primary amides is 1. The summed E-state index contributed by atoms with van der Waals surface area (Å²) in [4.78, 5) is 14.0. The van der Waals surface area contributed by atoms with E-state index in [1.54, 1.807) is 4.90 Å². The van der Waals surface area contributed by atoms with Crippen molar-refractivity contribution in [2.75, 3.05) is 24.8 Å². The molecule has 5 N–H and O–H groups in total. The molecule has 2 atom stereocenters. The Bertz CT molecular complexity index is 872. The minimum absolute atomic E-state index is 0.0371. The Morgan fingerprint density at radius 2 is 1.75 bits per heavy atom. The maximum Gasteiger partial charge on any atom is 0.319 e. The summed E-state index contributed by atoms with van der Waals surface area (Å²) >= 11 is 0. The number of nitrogens with one attached hydrogen (secondary N) is 1. The van der Waals surface area contributed by atoms with Gasteiger partial charge in [-0.1, -0.05) is 32.0 Å². The summed E-state index contributed by atoms with van der Waals surface area (Å²) in [6, 6.07) is 14.1. The van der Waals surface area contributed by atoms with E-state index >= 15 is 0 Å². The summed E-state index contributed by atoms with van der Waals surface area (Å²) in [6.45, 7) is 6.02. The van der Waals surface area contributed by atoms with Crippen molar-refractivity contribution < 1.29 is 14.3 Å². The summed E-state index contributed by atoms with van der Waals surface area (Å²) in [5, 5.41) is 3.56. The summed E-state index contributed by atoms with van der Waals surface area (Å²) in [5.74, 6) is 1.57. The van der Waals surface area contributed by atoms with Gasteiger partial charge in [0.1, 0.15) is 0 Å². The summed E-state index contributed by atoms with van der Waals surface area (Å²) in [5.41, 5.74) is 14.6. The predicted octanol–water partition coefficient (Wildman–Crippen LogP) is 3.78. The fraction of sp³-hybridized carbons (Fsp3) is 0.480. The van der Waals surface area contributed by atoms with Gasteiger partial charge in [0.2, 0.25) is 6.79 Å². The van der Waals surface area contributed by atoms with Crippen molar-refractivity contribution in [3.63, 3.8) is 0 Å². The van der Waals surface area contributed by atoms with Crippen LogP contribution in [0.25, 0.3) is 0 Å². The molecule has 0 bridgehead atoms. The molecule has 1 aliphatic rings. The topological polar surface area (TPSA) is 103 Å². The van der Waals surface area contributed by atoms with Crippen LogP contribution in [0.15, 0.2) is 42.5 Å². The Kier molecular flexibility index (Phi) is 8.76. The molecule has 0 fully saturated rings. The number of nitrogens with zero attached hydrogens (tertiary/aromatic N) is 1. The number of fused-ring (bicyclic) bond motifs is 1. The van der Waals surface area contributed by atoms with Crippen molar-refractivity contribution in [1.29, 1.82) is 0 Å². The van der Waals surface area contributed by atoms with Crippen LogP contribution in [0.2, 0.25) is 0 Å². The standard InChI is InChI=1S/C25H36N4O3/c1-3-20(11-13-26)28-14-12-21(4-2)29(25(27)30)22-8-5-18(6-9-22)15-19-7-10-23-24(16-19)32-17-31-23/h5-10,16,20-21,28H,3-4,11-15,17,26H2,1-2H3,(H2,27,30). The van der Waals surface area contributed by atoms with Crippen LogP contribution in [0.1, 0.15) is 50.7 Å². The highest BCUT2D eigenvalue weighted by Crippen LogP contribution is 2.33. The van der Waals surface area contributed by atoms with Crippen LogP contribution in [0.4, 0.5) is 10.5 Å². The number of amides is 2. The number of hydrogen-bond acceptors (Lipinski definition) is 5. The Hall–Kier alpha value is -2.77. The summed E-state index contributed by atoms with van der Waals surface area (Å²) in [7, 11) is 0. The van der Waals surface area contributed by atoms with Gasteiger partial charge in [0.05, 0.1) is 0 Å². The highest BCUT2D eigenvalue weighted by molar-refractivity contribution is 5.91. The second kappa shape index (κ2) is 11.7. The average molecular weight is 441 g/mol. The van der Waals surface area contributed by atoms with E-state index in [1.165, 1.54) is 0 Å². The lowest BCUT2D eigenvalue weighted by Crippen LogP contribution is -2.45. The van der Waals surface area contributed by atoms with Gasteiger partial charge in [0, 0.05) is 17.8 Å². The Balaban J connectivity index is 1.64. The second-order valence-corrected chi connectivity index (χ2v) is 8.23. The lowest BCUT2D eigenvalue weighted by Gasteiger charge is -2.30. The van der Waals surface area contributed by atoms with Crippen LogP contribution in [-0.2, 0) is 6.42 Å². The van der Waals surface area contributed by atoms with Crippen molar-refractivity contribution in [1.82, 2.24) is 5.32 Å². The molecule has 1 heterocycles. The van der Waals surface area contributed by atoms with Crippen LogP contribution in [-0.4, -0.2) is 38.0 Å². The molecule has 1 aliphatic heterocycles. The van der Waals surface area contributed by atoms with Crippen molar-refractivity contribution >= 4 is 11.7 Å². The third-order valence-corrected chi connectivity index (χ3v) is 6.05. The number of carbonyl (C=O) groups excluding carboxylic acids is 1. The van der Waals surface area contributed by atoms with Gasteiger partial charge in [-0.3, -0.25) is 4.90 Å². The van der Waals surface area contributed by atoms with Crippen molar-refractivity contribution in [3.8, 4) is 11.5 Å². The van der Waals surface area contributed by atoms with Gasteiger partial charge >= 0.3 is 6.03 Å². The SMILES string of the molecule is CCC(CCN)NCCC(CC)N(C(N)=O)c1ccc(Cc2ccc3c(c2)OCO3)cc1. The quantitative estimate of drug-likeness (QED) is 0.466. The zero-order valence-electron chi connectivity index (χ0n) is 19.2. The van der Waals surface area contributed by atoms with Gasteiger partial charge in [-0.2, -0.15) is 0 Å². The molecule has 0 saturated heterocycles. The normalized spacial score (nSPS) is 14.2. The molecule has 0 radical (unpaired) electrons. The van der Waals surface area contributed by atoms with Crippen LogP contribution < -0.4 is 31.2 Å². The molecule has 2 amide bonds. The third-order valence-electron chi connectivity index (χ3n) is 6.05. The maximum absolute atomic E-state index is 12.3.